The number of likely N-dealkylation sites (tertiary alicyclic amines) is 2. The van der Waals surface area contributed by atoms with Crippen LogP contribution in [0.15, 0.2) is 33.7 Å². The number of aryl methyl sites for hydroxylation is 1. The maximum atomic E-state index is 13.5. The van der Waals surface area contributed by atoms with Gasteiger partial charge in [-0.15, -0.1) is 0 Å². The van der Waals surface area contributed by atoms with Crippen LogP contribution in [-0.4, -0.2) is 78.4 Å². The molecule has 4 heterocycles. The second-order valence-corrected chi connectivity index (χ2v) is 10.1. The summed E-state index contributed by atoms with van der Waals surface area (Å²) in [6.07, 6.45) is 5.13. The van der Waals surface area contributed by atoms with Gasteiger partial charge in [0.1, 0.15) is 23.5 Å². The fourth-order valence-corrected chi connectivity index (χ4v) is 5.22. The minimum Gasteiger partial charge on any atom is -0.461 e. The van der Waals surface area contributed by atoms with Gasteiger partial charge in [0.25, 0.3) is 5.91 Å². The number of anilines is 1. The number of aliphatic imine (C=N–C) groups is 1. The average molecular weight is 510 g/mol. The Morgan fingerprint density at radius 2 is 1.86 bits per heavy atom. The van der Waals surface area contributed by atoms with Gasteiger partial charge in [0, 0.05) is 37.3 Å². The van der Waals surface area contributed by atoms with Crippen molar-refractivity contribution in [2.24, 2.45) is 4.99 Å². The zero-order valence-corrected chi connectivity index (χ0v) is 21.3. The number of amides is 3. The van der Waals surface area contributed by atoms with Gasteiger partial charge in [0.2, 0.25) is 17.8 Å². The molecule has 0 saturated carbocycles. The summed E-state index contributed by atoms with van der Waals surface area (Å²) < 4.78 is 11.2. The lowest BCUT2D eigenvalue weighted by molar-refractivity contribution is -0.140. The van der Waals surface area contributed by atoms with E-state index in [4.69, 9.17) is 14.1 Å². The molecule has 3 aliphatic rings. The molecule has 1 unspecified atom stereocenters. The molecule has 198 valence electrons. The van der Waals surface area contributed by atoms with Crippen LogP contribution < -0.4 is 10.6 Å². The standard InChI is InChI=1S/C27H35N5O5/c1-18-15-19-16-20(9-10-22(19)37-18)28-27(30-25(34)23-8-6-14-36-23)29-21-7-2-3-13-32(26(21)35)17-24(33)31-11-4-5-12-31/h9-10,15-16,21,23H,2-8,11-14,17H2,1H3,(H2,28,29,30,34)/t21-,23?/m0/s1. The van der Waals surface area contributed by atoms with Crippen molar-refractivity contribution in [1.82, 2.24) is 15.1 Å². The largest absolute Gasteiger partial charge is 0.461 e. The highest BCUT2D eigenvalue weighted by atomic mass is 16.5. The summed E-state index contributed by atoms with van der Waals surface area (Å²) in [7, 11) is 0. The number of guanidine groups is 1. The van der Waals surface area contributed by atoms with E-state index >= 15 is 0 Å². The summed E-state index contributed by atoms with van der Waals surface area (Å²) in [4.78, 5) is 47.3. The number of benzene rings is 1. The third-order valence-electron chi connectivity index (χ3n) is 7.19. The third-order valence-corrected chi connectivity index (χ3v) is 7.19. The number of nitrogens with one attached hydrogen (secondary N) is 2. The summed E-state index contributed by atoms with van der Waals surface area (Å²) in [5.74, 6) is 0.526. The lowest BCUT2D eigenvalue weighted by atomic mass is 10.1. The van der Waals surface area contributed by atoms with Crippen LogP contribution in [0, 0.1) is 6.92 Å². The molecule has 10 heteroatoms. The van der Waals surface area contributed by atoms with E-state index in [1.165, 1.54) is 0 Å². The zero-order chi connectivity index (χ0) is 25.8. The van der Waals surface area contributed by atoms with E-state index in [9.17, 15) is 14.4 Å². The first-order valence-corrected chi connectivity index (χ1v) is 13.3. The van der Waals surface area contributed by atoms with E-state index in [1.807, 2.05) is 36.1 Å². The van der Waals surface area contributed by atoms with Crippen LogP contribution in [0.3, 0.4) is 0 Å². The van der Waals surface area contributed by atoms with E-state index in [0.29, 0.717) is 31.7 Å². The number of ether oxygens (including phenoxy) is 1. The van der Waals surface area contributed by atoms with Crippen molar-refractivity contribution in [2.45, 2.75) is 64.0 Å². The van der Waals surface area contributed by atoms with Gasteiger partial charge in [-0.05, 0) is 76.1 Å². The second-order valence-electron chi connectivity index (χ2n) is 10.1. The SMILES string of the molecule is Cc1cc2cc(NC(=N[C@H]3CCCCN(CC(=O)N4CCCC4)C3=O)NC(=O)C3CCCO3)ccc2o1. The molecule has 2 N–H and O–H groups in total. The molecule has 10 nitrogen and oxygen atoms in total. The second kappa shape index (κ2) is 11.3. The number of carbonyl (C=O) groups is 3. The summed E-state index contributed by atoms with van der Waals surface area (Å²) >= 11 is 0. The Labute approximate surface area is 216 Å². The number of hydrogen-bond donors (Lipinski definition) is 2. The molecule has 3 amide bonds. The van der Waals surface area contributed by atoms with Crippen LogP contribution in [0.1, 0.15) is 50.7 Å². The Morgan fingerprint density at radius 3 is 2.65 bits per heavy atom. The van der Waals surface area contributed by atoms with Gasteiger partial charge in [-0.3, -0.25) is 19.7 Å². The van der Waals surface area contributed by atoms with Crippen LogP contribution in [0.25, 0.3) is 11.0 Å². The fraction of sp³-hybridized carbons (Fsp3) is 0.556. The van der Waals surface area contributed by atoms with Gasteiger partial charge in [0.15, 0.2) is 0 Å². The van der Waals surface area contributed by atoms with Crippen LogP contribution in [0.5, 0.6) is 0 Å². The molecule has 2 atom stereocenters. The summed E-state index contributed by atoms with van der Waals surface area (Å²) in [5.41, 5.74) is 1.48. The normalized spacial score (nSPS) is 22.9. The number of rotatable bonds is 5. The molecule has 3 fully saturated rings. The topological polar surface area (TPSA) is 116 Å². The molecule has 1 aromatic heterocycles. The van der Waals surface area contributed by atoms with Crippen molar-refractivity contribution in [1.29, 1.82) is 0 Å². The first kappa shape index (κ1) is 25.3. The molecule has 0 aliphatic carbocycles. The molecular weight excluding hydrogens is 474 g/mol. The van der Waals surface area contributed by atoms with E-state index in [1.54, 1.807) is 4.90 Å². The number of carbonyl (C=O) groups excluding carboxylic acids is 3. The number of nitrogens with zero attached hydrogens (tertiary/aromatic N) is 3. The van der Waals surface area contributed by atoms with Crippen molar-refractivity contribution in [2.75, 3.05) is 38.1 Å². The summed E-state index contributed by atoms with van der Waals surface area (Å²) in [6.45, 7) is 4.56. The van der Waals surface area contributed by atoms with Crippen molar-refractivity contribution in [3.8, 4) is 0 Å². The molecular formula is C27H35N5O5. The van der Waals surface area contributed by atoms with Crippen molar-refractivity contribution in [3.05, 3.63) is 30.0 Å². The molecule has 3 aliphatic heterocycles. The van der Waals surface area contributed by atoms with Gasteiger partial charge in [-0.25, -0.2) is 4.99 Å². The monoisotopic (exact) mass is 509 g/mol. The molecule has 0 bridgehead atoms. The van der Waals surface area contributed by atoms with Gasteiger partial charge >= 0.3 is 0 Å². The quantitative estimate of drug-likeness (QED) is 0.473. The summed E-state index contributed by atoms with van der Waals surface area (Å²) in [6, 6.07) is 6.85. The average Bonchev–Trinajstić information content (AvgIpc) is 3.64. The van der Waals surface area contributed by atoms with Gasteiger partial charge in [-0.2, -0.15) is 0 Å². The summed E-state index contributed by atoms with van der Waals surface area (Å²) in [5, 5.41) is 6.97. The number of fused-ring (bicyclic) bond motifs is 1. The zero-order valence-electron chi connectivity index (χ0n) is 21.3. The maximum Gasteiger partial charge on any atom is 0.255 e. The Hall–Kier alpha value is -3.40. The predicted molar refractivity (Wildman–Crippen MR) is 139 cm³/mol. The molecule has 1 aromatic carbocycles. The van der Waals surface area contributed by atoms with E-state index in [2.05, 4.69) is 10.6 Å². The van der Waals surface area contributed by atoms with Crippen LogP contribution in [-0.2, 0) is 19.1 Å². The highest BCUT2D eigenvalue weighted by Crippen LogP contribution is 2.23. The van der Waals surface area contributed by atoms with Crippen LogP contribution in [0.4, 0.5) is 5.69 Å². The molecule has 3 saturated heterocycles. The minimum absolute atomic E-state index is 0.00998. The molecule has 37 heavy (non-hydrogen) atoms. The number of furan rings is 1. The van der Waals surface area contributed by atoms with Gasteiger partial charge in [-0.1, -0.05) is 0 Å². The van der Waals surface area contributed by atoms with Crippen LogP contribution >= 0.6 is 0 Å². The lowest BCUT2D eigenvalue weighted by Gasteiger charge is -2.25. The Bertz CT molecular complexity index is 1180. The smallest absolute Gasteiger partial charge is 0.255 e. The Morgan fingerprint density at radius 1 is 1.05 bits per heavy atom. The van der Waals surface area contributed by atoms with Crippen LogP contribution in [0.2, 0.25) is 0 Å². The van der Waals surface area contributed by atoms with Crippen molar-refractivity contribution >= 4 is 40.3 Å². The van der Waals surface area contributed by atoms with Gasteiger partial charge < -0.3 is 24.3 Å². The first-order chi connectivity index (χ1) is 18.0. The van der Waals surface area contributed by atoms with E-state index in [-0.39, 0.29) is 30.2 Å². The predicted octanol–water partition coefficient (Wildman–Crippen LogP) is 2.81. The third kappa shape index (κ3) is 6.12. The highest BCUT2D eigenvalue weighted by molar-refractivity contribution is 6.07. The minimum atomic E-state index is -0.693. The maximum absolute atomic E-state index is 13.5. The van der Waals surface area contributed by atoms with Crippen molar-refractivity contribution < 1.29 is 23.5 Å². The van der Waals surface area contributed by atoms with E-state index in [0.717, 1.165) is 61.9 Å². The molecule has 0 spiro atoms. The molecule has 2 aromatic rings. The molecule has 0 radical (unpaired) electrons. The fourth-order valence-electron chi connectivity index (χ4n) is 5.22. The first-order valence-electron chi connectivity index (χ1n) is 13.3. The number of hydrogen-bond acceptors (Lipinski definition) is 6. The van der Waals surface area contributed by atoms with Crippen molar-refractivity contribution in [3.63, 3.8) is 0 Å². The van der Waals surface area contributed by atoms with Gasteiger partial charge in [0.05, 0.1) is 6.54 Å². The highest BCUT2D eigenvalue weighted by Gasteiger charge is 2.31. The molecule has 5 rings (SSSR count). The lowest BCUT2D eigenvalue weighted by Crippen LogP contribution is -2.46. The Balaban J connectivity index is 1.36. The Kier molecular flexibility index (Phi) is 7.73. The van der Waals surface area contributed by atoms with E-state index < -0.39 is 12.1 Å².